The van der Waals surface area contributed by atoms with Crippen molar-refractivity contribution in [2.45, 2.75) is 13.0 Å². The van der Waals surface area contributed by atoms with Gasteiger partial charge >= 0.3 is 0 Å². The summed E-state index contributed by atoms with van der Waals surface area (Å²) in [4.78, 5) is 19.3. The minimum absolute atomic E-state index is 0.163. The third-order valence-corrected chi connectivity index (χ3v) is 5.47. The molecule has 0 aliphatic carbocycles. The van der Waals surface area contributed by atoms with Crippen molar-refractivity contribution in [1.82, 2.24) is 4.90 Å². The van der Waals surface area contributed by atoms with Gasteiger partial charge in [0.25, 0.3) is 5.91 Å². The van der Waals surface area contributed by atoms with Crippen molar-refractivity contribution in [3.8, 4) is 0 Å². The first-order chi connectivity index (χ1) is 11.7. The smallest absolute Gasteiger partial charge is 0.286 e. The molecule has 2 aliphatic rings. The van der Waals surface area contributed by atoms with Gasteiger partial charge in [0, 0.05) is 18.1 Å². The Kier molecular flexibility index (Phi) is 4.17. The number of rotatable bonds is 1. The third kappa shape index (κ3) is 3.12. The van der Waals surface area contributed by atoms with Gasteiger partial charge in [0.15, 0.2) is 5.17 Å². The van der Waals surface area contributed by atoms with Crippen molar-refractivity contribution in [2.24, 2.45) is 4.99 Å². The van der Waals surface area contributed by atoms with Crippen LogP contribution in [0.15, 0.2) is 58.4 Å². The lowest BCUT2D eigenvalue weighted by Gasteiger charge is -2.29. The Labute approximate surface area is 150 Å². The Hall–Kier alpha value is -2.04. The van der Waals surface area contributed by atoms with E-state index >= 15 is 0 Å². The summed E-state index contributed by atoms with van der Waals surface area (Å²) in [5, 5.41) is 1.49. The highest BCUT2D eigenvalue weighted by Gasteiger charge is 2.28. The molecule has 1 amide bonds. The van der Waals surface area contributed by atoms with Crippen LogP contribution < -0.4 is 0 Å². The number of amides is 1. The number of hydrogen-bond acceptors (Lipinski definition) is 3. The van der Waals surface area contributed by atoms with Gasteiger partial charge in [0.2, 0.25) is 0 Å². The van der Waals surface area contributed by atoms with Crippen LogP contribution in [0.25, 0.3) is 6.08 Å². The maximum atomic E-state index is 12.2. The average Bonchev–Trinajstić information content (AvgIpc) is 2.97. The molecular formula is C19H15ClN2OS. The standard InChI is InChI=1S/C19H15ClN2OS/c20-16-7-5-13(6-8-16)11-17-18(23)21-19(24-17)22-10-9-14-3-1-2-4-15(14)12-22/h1-8,11H,9-10,12H2/b17-11+. The highest BCUT2D eigenvalue weighted by atomic mass is 35.5. The highest BCUT2D eigenvalue weighted by molar-refractivity contribution is 8.18. The summed E-state index contributed by atoms with van der Waals surface area (Å²) in [5.41, 5.74) is 3.66. The van der Waals surface area contributed by atoms with Gasteiger partial charge in [-0.05, 0) is 53.1 Å². The zero-order valence-electron chi connectivity index (χ0n) is 12.9. The largest absolute Gasteiger partial charge is 0.346 e. The normalized spacial score (nSPS) is 18.7. The number of fused-ring (bicyclic) bond motifs is 1. The molecule has 0 N–H and O–H groups in total. The van der Waals surface area contributed by atoms with Gasteiger partial charge in [-0.15, -0.1) is 0 Å². The number of thioether (sulfide) groups is 1. The fourth-order valence-electron chi connectivity index (χ4n) is 2.90. The van der Waals surface area contributed by atoms with Crippen LogP contribution in [-0.2, 0) is 17.8 Å². The molecule has 0 fully saturated rings. The van der Waals surface area contributed by atoms with Gasteiger partial charge < -0.3 is 4.90 Å². The summed E-state index contributed by atoms with van der Waals surface area (Å²) < 4.78 is 0. The quantitative estimate of drug-likeness (QED) is 0.713. The molecule has 4 rings (SSSR count). The Bertz CT molecular complexity index is 858. The molecule has 5 heteroatoms. The maximum Gasteiger partial charge on any atom is 0.286 e. The lowest BCUT2D eigenvalue weighted by molar-refractivity contribution is -0.113. The van der Waals surface area contributed by atoms with Gasteiger partial charge in [-0.25, -0.2) is 0 Å². The van der Waals surface area contributed by atoms with Crippen LogP contribution in [-0.4, -0.2) is 22.5 Å². The monoisotopic (exact) mass is 354 g/mol. The number of hydrogen-bond donors (Lipinski definition) is 0. The van der Waals surface area contributed by atoms with E-state index in [9.17, 15) is 4.79 Å². The first kappa shape index (κ1) is 15.5. The van der Waals surface area contributed by atoms with E-state index in [2.05, 4.69) is 34.2 Å². The maximum absolute atomic E-state index is 12.2. The predicted octanol–water partition coefficient (Wildman–Crippen LogP) is 4.37. The van der Waals surface area contributed by atoms with Crippen molar-refractivity contribution >= 4 is 40.5 Å². The van der Waals surface area contributed by atoms with E-state index in [1.807, 2.05) is 30.3 Å². The molecule has 0 unspecified atom stereocenters. The van der Waals surface area contributed by atoms with E-state index in [-0.39, 0.29) is 5.91 Å². The molecule has 2 aromatic rings. The van der Waals surface area contributed by atoms with E-state index in [0.717, 1.165) is 30.2 Å². The van der Waals surface area contributed by atoms with Crippen LogP contribution in [0.2, 0.25) is 5.02 Å². The van der Waals surface area contributed by atoms with Crippen LogP contribution in [0.5, 0.6) is 0 Å². The molecule has 2 aliphatic heterocycles. The zero-order chi connectivity index (χ0) is 16.5. The first-order valence-corrected chi connectivity index (χ1v) is 8.98. The molecule has 120 valence electrons. The van der Waals surface area contributed by atoms with Crippen molar-refractivity contribution in [1.29, 1.82) is 0 Å². The zero-order valence-corrected chi connectivity index (χ0v) is 14.5. The summed E-state index contributed by atoms with van der Waals surface area (Å²) in [6.45, 7) is 1.70. The fraction of sp³-hybridized carbons (Fsp3) is 0.158. The molecule has 0 saturated heterocycles. The summed E-state index contributed by atoms with van der Waals surface area (Å²) in [5.74, 6) is -0.163. The first-order valence-electron chi connectivity index (χ1n) is 7.79. The van der Waals surface area contributed by atoms with Crippen molar-refractivity contribution in [3.63, 3.8) is 0 Å². The topological polar surface area (TPSA) is 32.7 Å². The third-order valence-electron chi connectivity index (χ3n) is 4.18. The highest BCUT2D eigenvalue weighted by Crippen LogP contribution is 2.32. The second-order valence-electron chi connectivity index (χ2n) is 5.80. The summed E-state index contributed by atoms with van der Waals surface area (Å²) in [7, 11) is 0. The lowest BCUT2D eigenvalue weighted by Crippen LogP contribution is -2.33. The molecule has 2 heterocycles. The van der Waals surface area contributed by atoms with Crippen molar-refractivity contribution in [2.75, 3.05) is 6.54 Å². The van der Waals surface area contributed by atoms with E-state index in [1.165, 1.54) is 22.9 Å². The van der Waals surface area contributed by atoms with Gasteiger partial charge in [-0.1, -0.05) is 48.0 Å². The van der Waals surface area contributed by atoms with Gasteiger partial charge in [0.05, 0.1) is 4.91 Å². The number of carbonyl (C=O) groups excluding carboxylic acids is 1. The number of aliphatic imine (C=N–C) groups is 1. The molecule has 0 atom stereocenters. The van der Waals surface area contributed by atoms with Crippen LogP contribution in [0, 0.1) is 0 Å². The molecule has 0 bridgehead atoms. The molecule has 0 spiro atoms. The summed E-state index contributed by atoms with van der Waals surface area (Å²) in [6.07, 6.45) is 2.86. The molecule has 2 aromatic carbocycles. The number of nitrogens with zero attached hydrogens (tertiary/aromatic N) is 2. The number of amidine groups is 1. The SMILES string of the molecule is O=C1N=C(N2CCc3ccccc3C2)S/C1=C/c1ccc(Cl)cc1. The minimum atomic E-state index is -0.163. The van der Waals surface area contributed by atoms with Crippen LogP contribution in [0.3, 0.4) is 0 Å². The minimum Gasteiger partial charge on any atom is -0.346 e. The van der Waals surface area contributed by atoms with E-state index in [4.69, 9.17) is 11.6 Å². The predicted molar refractivity (Wildman–Crippen MR) is 100 cm³/mol. The van der Waals surface area contributed by atoms with Crippen LogP contribution >= 0.6 is 23.4 Å². The van der Waals surface area contributed by atoms with Gasteiger partial charge in [0.1, 0.15) is 0 Å². The molecule has 0 saturated carbocycles. The van der Waals surface area contributed by atoms with Crippen molar-refractivity contribution < 1.29 is 4.79 Å². The van der Waals surface area contributed by atoms with Crippen molar-refractivity contribution in [3.05, 3.63) is 75.1 Å². The Morgan fingerprint density at radius 3 is 2.62 bits per heavy atom. The lowest BCUT2D eigenvalue weighted by atomic mass is 10.0. The van der Waals surface area contributed by atoms with Gasteiger partial charge in [-0.3, -0.25) is 4.79 Å². The fourth-order valence-corrected chi connectivity index (χ4v) is 3.97. The van der Waals surface area contributed by atoms with Crippen LogP contribution in [0.1, 0.15) is 16.7 Å². The average molecular weight is 355 g/mol. The number of halogens is 1. The summed E-state index contributed by atoms with van der Waals surface area (Å²) >= 11 is 7.35. The van der Waals surface area contributed by atoms with Crippen LogP contribution in [0.4, 0.5) is 0 Å². The van der Waals surface area contributed by atoms with E-state index in [0.29, 0.717) is 9.93 Å². The second-order valence-corrected chi connectivity index (χ2v) is 7.25. The molecule has 24 heavy (non-hydrogen) atoms. The Morgan fingerprint density at radius 1 is 1.08 bits per heavy atom. The molecule has 3 nitrogen and oxygen atoms in total. The number of carbonyl (C=O) groups is 1. The summed E-state index contributed by atoms with van der Waals surface area (Å²) in [6, 6.07) is 15.9. The molecule has 0 aromatic heterocycles. The molecule has 0 radical (unpaired) electrons. The van der Waals surface area contributed by atoms with E-state index in [1.54, 1.807) is 0 Å². The number of benzene rings is 2. The Balaban J connectivity index is 1.52. The second kappa shape index (κ2) is 6.46. The molecular weight excluding hydrogens is 340 g/mol. The Morgan fingerprint density at radius 2 is 1.83 bits per heavy atom. The van der Waals surface area contributed by atoms with E-state index < -0.39 is 0 Å². The van der Waals surface area contributed by atoms with Gasteiger partial charge in [-0.2, -0.15) is 4.99 Å².